The van der Waals surface area contributed by atoms with Gasteiger partial charge in [-0.1, -0.05) is 35.4 Å². The van der Waals surface area contributed by atoms with Crippen LogP contribution >= 0.6 is 35.4 Å². The third kappa shape index (κ3) is 4.33. The fourth-order valence-corrected chi connectivity index (χ4v) is 1.94. The molecule has 0 saturated heterocycles. The molecule has 0 spiro atoms. The van der Waals surface area contributed by atoms with Crippen LogP contribution in [-0.2, 0) is 0 Å². The van der Waals surface area contributed by atoms with Crippen LogP contribution in [0.4, 0.5) is 5.69 Å². The number of benzene rings is 1. The van der Waals surface area contributed by atoms with Gasteiger partial charge in [-0.15, -0.1) is 13.2 Å². The minimum atomic E-state index is 0.555. The first kappa shape index (κ1) is 15.0. The Hall–Kier alpha value is -1.03. The second kappa shape index (κ2) is 7.41. The molecular formula is C13H14Cl2N2S. The zero-order valence-electron chi connectivity index (χ0n) is 9.83. The van der Waals surface area contributed by atoms with Crippen molar-refractivity contribution in [3.63, 3.8) is 0 Å². The number of hydrogen-bond acceptors (Lipinski definition) is 1. The molecule has 0 heterocycles. The summed E-state index contributed by atoms with van der Waals surface area (Å²) in [6, 6.07) is 5.18. The van der Waals surface area contributed by atoms with Crippen molar-refractivity contribution >= 4 is 46.2 Å². The molecular weight excluding hydrogens is 287 g/mol. The monoisotopic (exact) mass is 300 g/mol. The molecule has 1 N–H and O–H groups in total. The van der Waals surface area contributed by atoms with Gasteiger partial charge in [-0.2, -0.15) is 0 Å². The van der Waals surface area contributed by atoms with Crippen LogP contribution in [0.2, 0.25) is 10.0 Å². The summed E-state index contributed by atoms with van der Waals surface area (Å²) in [4.78, 5) is 1.91. The van der Waals surface area contributed by atoms with E-state index in [1.54, 1.807) is 30.4 Å². The molecule has 1 rings (SSSR count). The average molecular weight is 301 g/mol. The summed E-state index contributed by atoms with van der Waals surface area (Å²) in [7, 11) is 0. The lowest BCUT2D eigenvalue weighted by Gasteiger charge is -2.23. The van der Waals surface area contributed by atoms with E-state index in [-0.39, 0.29) is 0 Å². The Kier molecular flexibility index (Phi) is 6.19. The van der Waals surface area contributed by atoms with Gasteiger partial charge in [0.1, 0.15) is 0 Å². The van der Waals surface area contributed by atoms with Crippen molar-refractivity contribution in [3.8, 4) is 0 Å². The molecule has 1 aromatic rings. The summed E-state index contributed by atoms with van der Waals surface area (Å²) in [6.07, 6.45) is 3.55. The lowest BCUT2D eigenvalue weighted by atomic mass is 10.3. The number of rotatable bonds is 5. The smallest absolute Gasteiger partial charge is 0.174 e. The van der Waals surface area contributed by atoms with Crippen molar-refractivity contribution in [1.29, 1.82) is 0 Å². The van der Waals surface area contributed by atoms with Crippen LogP contribution in [0.25, 0.3) is 0 Å². The van der Waals surface area contributed by atoms with E-state index in [9.17, 15) is 0 Å². The van der Waals surface area contributed by atoms with E-state index in [0.29, 0.717) is 33.9 Å². The summed E-state index contributed by atoms with van der Waals surface area (Å²) in [5.41, 5.74) is 0.687. The number of thiocarbonyl (C=S) groups is 1. The topological polar surface area (TPSA) is 15.3 Å². The highest BCUT2D eigenvalue weighted by Crippen LogP contribution is 2.25. The van der Waals surface area contributed by atoms with Gasteiger partial charge in [0.05, 0.1) is 10.7 Å². The van der Waals surface area contributed by atoms with E-state index >= 15 is 0 Å². The SMILES string of the molecule is C=CCN(CC=C)C(=S)Nc1cc(Cl)ccc1Cl. The van der Waals surface area contributed by atoms with Gasteiger partial charge in [0.15, 0.2) is 5.11 Å². The molecule has 0 amide bonds. The van der Waals surface area contributed by atoms with E-state index < -0.39 is 0 Å². The fraction of sp³-hybridized carbons (Fsp3) is 0.154. The highest BCUT2D eigenvalue weighted by molar-refractivity contribution is 7.80. The predicted molar refractivity (Wildman–Crippen MR) is 84.6 cm³/mol. The lowest BCUT2D eigenvalue weighted by Crippen LogP contribution is -2.35. The van der Waals surface area contributed by atoms with Crippen molar-refractivity contribution in [2.24, 2.45) is 0 Å². The van der Waals surface area contributed by atoms with Crippen LogP contribution in [-0.4, -0.2) is 23.1 Å². The van der Waals surface area contributed by atoms with Gasteiger partial charge < -0.3 is 10.2 Å². The van der Waals surface area contributed by atoms with E-state index in [1.165, 1.54) is 0 Å². The number of halogens is 2. The quantitative estimate of drug-likeness (QED) is 0.642. The van der Waals surface area contributed by atoms with Gasteiger partial charge in [0.25, 0.3) is 0 Å². The largest absolute Gasteiger partial charge is 0.342 e. The Morgan fingerprint density at radius 2 is 1.89 bits per heavy atom. The Morgan fingerprint density at radius 3 is 2.44 bits per heavy atom. The molecule has 1 aromatic carbocycles. The zero-order valence-corrected chi connectivity index (χ0v) is 12.2. The number of nitrogens with zero attached hydrogens (tertiary/aromatic N) is 1. The first-order chi connectivity index (χ1) is 8.58. The van der Waals surface area contributed by atoms with E-state index in [0.717, 1.165) is 0 Å². The second-order valence-electron chi connectivity index (χ2n) is 3.54. The molecule has 18 heavy (non-hydrogen) atoms. The highest BCUT2D eigenvalue weighted by atomic mass is 35.5. The maximum absolute atomic E-state index is 6.06. The molecule has 0 bridgehead atoms. The first-order valence-corrected chi connectivity index (χ1v) is 6.47. The molecule has 0 radical (unpaired) electrons. The van der Waals surface area contributed by atoms with Crippen molar-refractivity contribution in [2.45, 2.75) is 0 Å². The van der Waals surface area contributed by atoms with Crippen molar-refractivity contribution in [3.05, 3.63) is 53.6 Å². The molecule has 0 saturated carbocycles. The molecule has 0 aliphatic carbocycles. The summed E-state index contributed by atoms with van der Waals surface area (Å²) in [5.74, 6) is 0. The summed E-state index contributed by atoms with van der Waals surface area (Å²) in [6.45, 7) is 8.66. The Bertz CT molecular complexity index is 450. The average Bonchev–Trinajstić information content (AvgIpc) is 2.33. The van der Waals surface area contributed by atoms with Crippen LogP contribution in [0.15, 0.2) is 43.5 Å². The molecule has 5 heteroatoms. The van der Waals surface area contributed by atoms with E-state index in [1.807, 2.05) is 4.90 Å². The molecule has 0 fully saturated rings. The molecule has 0 aliphatic rings. The normalized spacial score (nSPS) is 9.67. The van der Waals surface area contributed by atoms with Gasteiger partial charge in [0.2, 0.25) is 0 Å². The first-order valence-electron chi connectivity index (χ1n) is 5.31. The second-order valence-corrected chi connectivity index (χ2v) is 4.77. The molecule has 0 aromatic heterocycles. The molecule has 96 valence electrons. The van der Waals surface area contributed by atoms with Crippen LogP contribution < -0.4 is 5.32 Å². The van der Waals surface area contributed by atoms with Crippen molar-refractivity contribution < 1.29 is 0 Å². The molecule has 0 aliphatic heterocycles. The lowest BCUT2D eigenvalue weighted by molar-refractivity contribution is 0.522. The van der Waals surface area contributed by atoms with E-state index in [4.69, 9.17) is 35.4 Å². The number of hydrogen-bond donors (Lipinski definition) is 1. The highest BCUT2D eigenvalue weighted by Gasteiger charge is 2.09. The standard InChI is InChI=1S/C13H14Cl2N2S/c1-3-7-17(8-4-2)13(18)16-12-9-10(14)5-6-11(12)15/h3-6,9H,1-2,7-8H2,(H,16,18). The third-order valence-electron chi connectivity index (χ3n) is 2.16. The zero-order chi connectivity index (χ0) is 13.5. The van der Waals surface area contributed by atoms with Crippen LogP contribution in [0.5, 0.6) is 0 Å². The van der Waals surface area contributed by atoms with Crippen LogP contribution in [0, 0.1) is 0 Å². The Balaban J connectivity index is 2.81. The molecule has 0 atom stereocenters. The minimum absolute atomic E-state index is 0.555. The summed E-state index contributed by atoms with van der Waals surface area (Å²) in [5, 5.41) is 4.79. The number of nitrogens with one attached hydrogen (secondary N) is 1. The van der Waals surface area contributed by atoms with Gasteiger partial charge in [-0.3, -0.25) is 0 Å². The van der Waals surface area contributed by atoms with Gasteiger partial charge >= 0.3 is 0 Å². The van der Waals surface area contributed by atoms with Crippen LogP contribution in [0.1, 0.15) is 0 Å². The Labute approximate surface area is 123 Å². The maximum atomic E-state index is 6.06. The van der Waals surface area contributed by atoms with Crippen molar-refractivity contribution in [1.82, 2.24) is 4.90 Å². The molecule has 0 unspecified atom stereocenters. The third-order valence-corrected chi connectivity index (χ3v) is 3.08. The summed E-state index contributed by atoms with van der Waals surface area (Å²) < 4.78 is 0. The van der Waals surface area contributed by atoms with E-state index in [2.05, 4.69) is 18.5 Å². The summed E-state index contributed by atoms with van der Waals surface area (Å²) >= 11 is 17.3. The minimum Gasteiger partial charge on any atom is -0.342 e. The number of anilines is 1. The van der Waals surface area contributed by atoms with Gasteiger partial charge in [-0.25, -0.2) is 0 Å². The maximum Gasteiger partial charge on any atom is 0.174 e. The molecule has 2 nitrogen and oxygen atoms in total. The fourth-order valence-electron chi connectivity index (χ4n) is 1.34. The Morgan fingerprint density at radius 1 is 1.28 bits per heavy atom. The van der Waals surface area contributed by atoms with Crippen LogP contribution in [0.3, 0.4) is 0 Å². The van der Waals surface area contributed by atoms with Gasteiger partial charge in [0, 0.05) is 18.1 Å². The predicted octanol–water partition coefficient (Wildman–Crippen LogP) is 4.36. The van der Waals surface area contributed by atoms with Crippen molar-refractivity contribution in [2.75, 3.05) is 18.4 Å². The van der Waals surface area contributed by atoms with Gasteiger partial charge in [-0.05, 0) is 30.4 Å².